The summed E-state index contributed by atoms with van der Waals surface area (Å²) >= 11 is 0. The van der Waals surface area contributed by atoms with Gasteiger partial charge in [-0.3, -0.25) is 4.79 Å². The molecule has 1 aliphatic carbocycles. The molecular weight excluding hydrogens is 248 g/mol. The Morgan fingerprint density at radius 1 is 1.20 bits per heavy atom. The van der Waals surface area contributed by atoms with Gasteiger partial charge in [0.05, 0.1) is 0 Å². The smallest absolute Gasteiger partial charge is 0.223 e. The normalized spacial score (nSPS) is 21.4. The van der Waals surface area contributed by atoms with Gasteiger partial charge in [-0.15, -0.1) is 0 Å². The fourth-order valence-corrected chi connectivity index (χ4v) is 3.55. The summed E-state index contributed by atoms with van der Waals surface area (Å²) in [7, 11) is 0. The lowest BCUT2D eigenvalue weighted by atomic mass is 9.90. The first-order valence-corrected chi connectivity index (χ1v) is 7.82. The summed E-state index contributed by atoms with van der Waals surface area (Å²) < 4.78 is 0. The van der Waals surface area contributed by atoms with Crippen molar-refractivity contribution in [1.29, 1.82) is 0 Å². The Labute approximate surface area is 121 Å². The number of amides is 1. The second-order valence-electron chi connectivity index (χ2n) is 6.26. The van der Waals surface area contributed by atoms with Gasteiger partial charge in [0, 0.05) is 12.0 Å². The van der Waals surface area contributed by atoms with Crippen LogP contribution in [0.3, 0.4) is 0 Å². The molecule has 1 heterocycles. The molecule has 0 radical (unpaired) electrons. The molecule has 1 aromatic rings. The van der Waals surface area contributed by atoms with E-state index < -0.39 is 0 Å². The average molecular weight is 272 g/mol. The third-order valence-corrected chi connectivity index (χ3v) is 4.88. The molecule has 1 aliphatic heterocycles. The zero-order valence-corrected chi connectivity index (χ0v) is 12.2. The van der Waals surface area contributed by atoms with Crippen molar-refractivity contribution in [1.82, 2.24) is 10.6 Å². The minimum Gasteiger partial charge on any atom is -0.353 e. The van der Waals surface area contributed by atoms with Gasteiger partial charge in [-0.1, -0.05) is 24.3 Å². The number of piperidine rings is 1. The maximum absolute atomic E-state index is 12.4. The van der Waals surface area contributed by atoms with Crippen LogP contribution in [0.1, 0.15) is 30.9 Å². The van der Waals surface area contributed by atoms with Crippen molar-refractivity contribution in [2.45, 2.75) is 38.6 Å². The Balaban J connectivity index is 1.55. The quantitative estimate of drug-likeness (QED) is 0.882. The monoisotopic (exact) mass is 272 g/mol. The zero-order chi connectivity index (χ0) is 13.9. The number of carbonyl (C=O) groups excluding carboxylic acids is 1. The van der Waals surface area contributed by atoms with Crippen LogP contribution in [0, 0.1) is 11.8 Å². The molecule has 3 rings (SSSR count). The molecule has 1 saturated heterocycles. The highest BCUT2D eigenvalue weighted by atomic mass is 16.1. The van der Waals surface area contributed by atoms with Crippen molar-refractivity contribution >= 4 is 5.91 Å². The van der Waals surface area contributed by atoms with Gasteiger partial charge in [0.25, 0.3) is 0 Å². The third kappa shape index (κ3) is 2.88. The van der Waals surface area contributed by atoms with Crippen LogP contribution in [0.15, 0.2) is 24.3 Å². The lowest BCUT2D eigenvalue weighted by Gasteiger charge is -2.29. The van der Waals surface area contributed by atoms with Crippen LogP contribution >= 0.6 is 0 Å². The van der Waals surface area contributed by atoms with Gasteiger partial charge in [-0.05, 0) is 62.7 Å². The number of hydrogen-bond donors (Lipinski definition) is 2. The SMILES string of the molecule is CC(NC(=O)C1Cc2ccccc2C1)C1CCNCC1. The molecule has 1 amide bonds. The van der Waals surface area contributed by atoms with Crippen molar-refractivity contribution in [2.24, 2.45) is 11.8 Å². The van der Waals surface area contributed by atoms with E-state index in [2.05, 4.69) is 41.8 Å². The molecule has 1 atom stereocenters. The molecule has 0 saturated carbocycles. The molecule has 1 aromatic carbocycles. The van der Waals surface area contributed by atoms with Crippen molar-refractivity contribution in [3.05, 3.63) is 35.4 Å². The number of fused-ring (bicyclic) bond motifs is 1. The maximum atomic E-state index is 12.4. The average Bonchev–Trinajstić information content (AvgIpc) is 2.92. The highest BCUT2D eigenvalue weighted by Gasteiger charge is 2.29. The highest BCUT2D eigenvalue weighted by Crippen LogP contribution is 2.27. The van der Waals surface area contributed by atoms with Gasteiger partial charge in [0.2, 0.25) is 5.91 Å². The Bertz CT molecular complexity index is 455. The maximum Gasteiger partial charge on any atom is 0.223 e. The van der Waals surface area contributed by atoms with Crippen molar-refractivity contribution in [3.8, 4) is 0 Å². The molecule has 3 nitrogen and oxygen atoms in total. The predicted octanol–water partition coefficient (Wildman–Crippen LogP) is 1.91. The van der Waals surface area contributed by atoms with E-state index in [1.807, 2.05) is 0 Å². The van der Waals surface area contributed by atoms with Gasteiger partial charge in [0.15, 0.2) is 0 Å². The van der Waals surface area contributed by atoms with Gasteiger partial charge in [0.1, 0.15) is 0 Å². The van der Waals surface area contributed by atoms with E-state index in [0.29, 0.717) is 12.0 Å². The highest BCUT2D eigenvalue weighted by molar-refractivity contribution is 5.80. The lowest BCUT2D eigenvalue weighted by Crippen LogP contribution is -2.44. The van der Waals surface area contributed by atoms with Crippen LogP contribution in [-0.4, -0.2) is 25.0 Å². The minimum atomic E-state index is 0.136. The fraction of sp³-hybridized carbons (Fsp3) is 0.588. The van der Waals surface area contributed by atoms with Crippen LogP contribution < -0.4 is 10.6 Å². The molecule has 20 heavy (non-hydrogen) atoms. The first-order chi connectivity index (χ1) is 9.74. The largest absolute Gasteiger partial charge is 0.353 e. The number of hydrogen-bond acceptors (Lipinski definition) is 2. The molecule has 108 valence electrons. The minimum absolute atomic E-state index is 0.136. The molecule has 3 heteroatoms. The summed E-state index contributed by atoms with van der Waals surface area (Å²) in [5.74, 6) is 1.01. The Morgan fingerprint density at radius 3 is 2.40 bits per heavy atom. The van der Waals surface area contributed by atoms with Gasteiger partial charge in [-0.25, -0.2) is 0 Å². The number of nitrogens with one attached hydrogen (secondary N) is 2. The van der Waals surface area contributed by atoms with Crippen molar-refractivity contribution < 1.29 is 4.79 Å². The van der Waals surface area contributed by atoms with E-state index in [9.17, 15) is 4.79 Å². The molecular formula is C17H24N2O. The number of rotatable bonds is 3. The van der Waals surface area contributed by atoms with Crippen molar-refractivity contribution in [2.75, 3.05) is 13.1 Å². The topological polar surface area (TPSA) is 41.1 Å². The van der Waals surface area contributed by atoms with Crippen LogP contribution in [0.4, 0.5) is 0 Å². The van der Waals surface area contributed by atoms with Crippen LogP contribution in [0.2, 0.25) is 0 Å². The van der Waals surface area contributed by atoms with E-state index >= 15 is 0 Å². The Morgan fingerprint density at radius 2 is 1.80 bits per heavy atom. The van der Waals surface area contributed by atoms with Gasteiger partial charge >= 0.3 is 0 Å². The first-order valence-electron chi connectivity index (χ1n) is 7.82. The first kappa shape index (κ1) is 13.6. The Hall–Kier alpha value is -1.35. The van der Waals surface area contributed by atoms with E-state index in [1.165, 1.54) is 24.0 Å². The third-order valence-electron chi connectivity index (χ3n) is 4.88. The lowest BCUT2D eigenvalue weighted by molar-refractivity contribution is -0.125. The molecule has 1 unspecified atom stereocenters. The summed E-state index contributed by atoms with van der Waals surface area (Å²) in [5.41, 5.74) is 2.70. The van der Waals surface area contributed by atoms with E-state index in [1.54, 1.807) is 0 Å². The molecule has 2 N–H and O–H groups in total. The molecule has 0 bridgehead atoms. The van der Waals surface area contributed by atoms with Crippen LogP contribution in [-0.2, 0) is 17.6 Å². The summed E-state index contributed by atoms with van der Waals surface area (Å²) in [6.45, 7) is 4.33. The summed E-state index contributed by atoms with van der Waals surface area (Å²) in [6.07, 6.45) is 4.15. The summed E-state index contributed by atoms with van der Waals surface area (Å²) in [6, 6.07) is 8.74. The van der Waals surface area contributed by atoms with Crippen LogP contribution in [0.25, 0.3) is 0 Å². The second kappa shape index (κ2) is 5.96. The Kier molecular flexibility index (Phi) is 4.06. The van der Waals surface area contributed by atoms with Gasteiger partial charge in [-0.2, -0.15) is 0 Å². The van der Waals surface area contributed by atoms with Crippen LogP contribution in [0.5, 0.6) is 0 Å². The number of carbonyl (C=O) groups is 1. The fourth-order valence-electron chi connectivity index (χ4n) is 3.55. The van der Waals surface area contributed by atoms with E-state index in [0.717, 1.165) is 25.9 Å². The summed E-state index contributed by atoms with van der Waals surface area (Å²) in [5, 5.41) is 6.64. The van der Waals surface area contributed by atoms with Gasteiger partial charge < -0.3 is 10.6 Å². The molecule has 2 aliphatic rings. The van der Waals surface area contributed by atoms with Crippen molar-refractivity contribution in [3.63, 3.8) is 0 Å². The predicted molar refractivity (Wildman–Crippen MR) is 80.5 cm³/mol. The zero-order valence-electron chi connectivity index (χ0n) is 12.2. The molecule has 1 fully saturated rings. The molecule has 0 spiro atoms. The number of benzene rings is 1. The standard InChI is InChI=1S/C17H24N2O/c1-12(13-6-8-18-9-7-13)19-17(20)16-10-14-4-2-3-5-15(14)11-16/h2-5,12-13,16,18H,6-11H2,1H3,(H,19,20). The summed E-state index contributed by atoms with van der Waals surface area (Å²) in [4.78, 5) is 12.4. The van der Waals surface area contributed by atoms with E-state index in [4.69, 9.17) is 0 Å². The molecule has 0 aromatic heterocycles. The second-order valence-corrected chi connectivity index (χ2v) is 6.26. The van der Waals surface area contributed by atoms with E-state index in [-0.39, 0.29) is 11.8 Å².